The number of nitrogens with one attached hydrogen (secondary N) is 1. The first-order valence-electron chi connectivity index (χ1n) is 6.86. The van der Waals surface area contributed by atoms with Crippen LogP contribution in [0.2, 0.25) is 5.02 Å². The molecule has 1 aliphatic heterocycles. The maximum atomic E-state index is 12.4. The Morgan fingerprint density at radius 2 is 2.29 bits per heavy atom. The second-order valence-electron chi connectivity index (χ2n) is 5.52. The van der Waals surface area contributed by atoms with Crippen LogP contribution in [0.4, 0.5) is 0 Å². The molecule has 1 saturated heterocycles. The van der Waals surface area contributed by atoms with Gasteiger partial charge in [-0.3, -0.25) is 4.79 Å². The number of likely N-dealkylation sites (N-methyl/N-ethyl adjacent to an activating group) is 1. The molecular weight excluding hydrogens is 311 g/mol. The summed E-state index contributed by atoms with van der Waals surface area (Å²) in [7, 11) is 1.83. The maximum Gasteiger partial charge on any atom is 0.229 e. The molecule has 1 heterocycles. The molecule has 4 nitrogen and oxygen atoms in total. The van der Waals surface area contributed by atoms with Gasteiger partial charge in [-0.1, -0.05) is 17.7 Å². The highest BCUT2D eigenvalue weighted by molar-refractivity contribution is 6.30. The second kappa shape index (κ2) is 7.87. The Labute approximate surface area is 137 Å². The van der Waals surface area contributed by atoms with Gasteiger partial charge in [0.15, 0.2) is 0 Å². The van der Waals surface area contributed by atoms with Crippen LogP contribution in [0.25, 0.3) is 0 Å². The van der Waals surface area contributed by atoms with Crippen molar-refractivity contribution in [2.24, 2.45) is 5.41 Å². The summed E-state index contributed by atoms with van der Waals surface area (Å²) >= 11 is 5.89. The average molecular weight is 333 g/mol. The van der Waals surface area contributed by atoms with Gasteiger partial charge in [0.1, 0.15) is 12.4 Å². The molecule has 21 heavy (non-hydrogen) atoms. The van der Waals surface area contributed by atoms with Crippen molar-refractivity contribution in [1.29, 1.82) is 0 Å². The molecule has 1 atom stereocenters. The van der Waals surface area contributed by atoms with Crippen LogP contribution >= 0.6 is 24.0 Å². The van der Waals surface area contributed by atoms with Crippen LogP contribution in [0.3, 0.4) is 0 Å². The highest BCUT2D eigenvalue weighted by Gasteiger charge is 2.37. The van der Waals surface area contributed by atoms with Gasteiger partial charge >= 0.3 is 0 Å². The molecule has 0 spiro atoms. The van der Waals surface area contributed by atoms with Gasteiger partial charge in [-0.25, -0.2) is 0 Å². The molecule has 1 amide bonds. The number of nitrogens with zero attached hydrogens (tertiary/aromatic N) is 1. The number of carbonyl (C=O) groups is 1. The number of halogens is 2. The molecule has 1 unspecified atom stereocenters. The van der Waals surface area contributed by atoms with Gasteiger partial charge in [-0.15, -0.1) is 12.4 Å². The van der Waals surface area contributed by atoms with Crippen LogP contribution in [0, 0.1) is 5.41 Å². The third-order valence-electron chi connectivity index (χ3n) is 3.72. The molecule has 1 aromatic carbocycles. The summed E-state index contributed by atoms with van der Waals surface area (Å²) in [5, 5.41) is 3.89. The third kappa shape index (κ3) is 4.77. The van der Waals surface area contributed by atoms with Crippen LogP contribution in [0.15, 0.2) is 24.3 Å². The number of benzene rings is 1. The van der Waals surface area contributed by atoms with E-state index in [2.05, 4.69) is 5.32 Å². The Kier molecular flexibility index (Phi) is 6.78. The molecule has 2 rings (SSSR count). The van der Waals surface area contributed by atoms with Crippen molar-refractivity contribution in [2.45, 2.75) is 13.3 Å². The van der Waals surface area contributed by atoms with Crippen LogP contribution in [-0.2, 0) is 4.79 Å². The Morgan fingerprint density at radius 3 is 2.90 bits per heavy atom. The Morgan fingerprint density at radius 1 is 1.52 bits per heavy atom. The second-order valence-corrected chi connectivity index (χ2v) is 5.96. The number of carbonyl (C=O) groups excluding carboxylic acids is 1. The first-order valence-corrected chi connectivity index (χ1v) is 7.24. The fourth-order valence-electron chi connectivity index (χ4n) is 2.42. The van der Waals surface area contributed by atoms with Crippen LogP contribution in [-0.4, -0.2) is 44.1 Å². The van der Waals surface area contributed by atoms with Crippen molar-refractivity contribution in [3.05, 3.63) is 29.3 Å². The molecule has 1 aliphatic rings. The predicted octanol–water partition coefficient (Wildman–Crippen LogP) is 2.60. The van der Waals surface area contributed by atoms with E-state index in [0.29, 0.717) is 18.2 Å². The average Bonchev–Trinajstić information content (AvgIpc) is 2.86. The van der Waals surface area contributed by atoms with Crippen molar-refractivity contribution in [3.63, 3.8) is 0 Å². The third-order valence-corrected chi connectivity index (χ3v) is 3.96. The van der Waals surface area contributed by atoms with E-state index < -0.39 is 0 Å². The van der Waals surface area contributed by atoms with Gasteiger partial charge in [0.25, 0.3) is 0 Å². The summed E-state index contributed by atoms with van der Waals surface area (Å²) in [5.41, 5.74) is -0.273. The standard InChI is InChI=1S/C15H21ClN2O2.ClH/c1-15(6-7-17-11-15)14(19)18(2)8-9-20-13-5-3-4-12(16)10-13;/h3-5,10,17H,6-9,11H2,1-2H3;1H. The minimum atomic E-state index is -0.273. The first kappa shape index (κ1) is 18.1. The van der Waals surface area contributed by atoms with E-state index in [1.165, 1.54) is 0 Å². The Bertz CT molecular complexity index is 476. The highest BCUT2D eigenvalue weighted by Crippen LogP contribution is 2.26. The zero-order valence-corrected chi connectivity index (χ0v) is 14.0. The summed E-state index contributed by atoms with van der Waals surface area (Å²) < 4.78 is 5.61. The van der Waals surface area contributed by atoms with Crippen molar-refractivity contribution in [1.82, 2.24) is 10.2 Å². The van der Waals surface area contributed by atoms with Crippen molar-refractivity contribution in [2.75, 3.05) is 33.3 Å². The fraction of sp³-hybridized carbons (Fsp3) is 0.533. The summed E-state index contributed by atoms with van der Waals surface area (Å²) in [6, 6.07) is 7.28. The zero-order valence-electron chi connectivity index (χ0n) is 12.4. The number of hydrogen-bond donors (Lipinski definition) is 1. The van der Waals surface area contributed by atoms with Crippen molar-refractivity contribution in [3.8, 4) is 5.75 Å². The van der Waals surface area contributed by atoms with Crippen molar-refractivity contribution < 1.29 is 9.53 Å². The normalized spacial score (nSPS) is 20.7. The summed E-state index contributed by atoms with van der Waals surface area (Å²) in [6.07, 6.45) is 0.894. The molecule has 6 heteroatoms. The van der Waals surface area contributed by atoms with Gasteiger partial charge in [-0.05, 0) is 38.1 Å². The predicted molar refractivity (Wildman–Crippen MR) is 87.4 cm³/mol. The lowest BCUT2D eigenvalue weighted by molar-refractivity contribution is -0.139. The van der Waals surface area contributed by atoms with E-state index in [-0.39, 0.29) is 23.7 Å². The first-order chi connectivity index (χ1) is 9.51. The summed E-state index contributed by atoms with van der Waals surface area (Å²) in [4.78, 5) is 14.1. The lowest BCUT2D eigenvalue weighted by Gasteiger charge is -2.28. The van der Waals surface area contributed by atoms with E-state index in [1.807, 2.05) is 26.1 Å². The Hall–Kier alpha value is -0.970. The summed E-state index contributed by atoms with van der Waals surface area (Å²) in [5.74, 6) is 0.907. The van der Waals surface area contributed by atoms with E-state index in [0.717, 1.165) is 25.3 Å². The number of ether oxygens (including phenoxy) is 1. The van der Waals surface area contributed by atoms with E-state index in [9.17, 15) is 4.79 Å². The highest BCUT2D eigenvalue weighted by atomic mass is 35.5. The van der Waals surface area contributed by atoms with Gasteiger partial charge in [-0.2, -0.15) is 0 Å². The quantitative estimate of drug-likeness (QED) is 0.901. The van der Waals surface area contributed by atoms with E-state index in [4.69, 9.17) is 16.3 Å². The SMILES string of the molecule is CN(CCOc1cccc(Cl)c1)C(=O)C1(C)CCNC1.Cl. The van der Waals surface area contributed by atoms with Crippen LogP contribution < -0.4 is 10.1 Å². The topological polar surface area (TPSA) is 41.6 Å². The fourth-order valence-corrected chi connectivity index (χ4v) is 2.60. The summed E-state index contributed by atoms with van der Waals surface area (Å²) in [6.45, 7) is 4.72. The monoisotopic (exact) mass is 332 g/mol. The maximum absolute atomic E-state index is 12.4. The Balaban J connectivity index is 0.00000220. The van der Waals surface area contributed by atoms with E-state index in [1.54, 1.807) is 17.0 Å². The van der Waals surface area contributed by atoms with Crippen molar-refractivity contribution >= 4 is 29.9 Å². The molecule has 0 aromatic heterocycles. The lowest BCUT2D eigenvalue weighted by atomic mass is 9.88. The molecule has 118 valence electrons. The molecule has 1 N–H and O–H groups in total. The largest absolute Gasteiger partial charge is 0.492 e. The van der Waals surface area contributed by atoms with Gasteiger partial charge in [0.2, 0.25) is 5.91 Å². The molecule has 0 bridgehead atoms. The molecule has 0 saturated carbocycles. The molecular formula is C15H22Cl2N2O2. The number of hydrogen-bond acceptors (Lipinski definition) is 3. The number of amides is 1. The van der Waals surface area contributed by atoms with Gasteiger partial charge in [0.05, 0.1) is 12.0 Å². The van der Waals surface area contributed by atoms with E-state index >= 15 is 0 Å². The minimum Gasteiger partial charge on any atom is -0.492 e. The molecule has 1 fully saturated rings. The van der Waals surface area contributed by atoms with Gasteiger partial charge < -0.3 is 15.0 Å². The van der Waals surface area contributed by atoms with Gasteiger partial charge in [0, 0.05) is 18.6 Å². The zero-order chi connectivity index (χ0) is 14.6. The number of rotatable bonds is 5. The molecule has 0 aliphatic carbocycles. The molecule has 1 aromatic rings. The van der Waals surface area contributed by atoms with Crippen LogP contribution in [0.5, 0.6) is 5.75 Å². The lowest BCUT2D eigenvalue weighted by Crippen LogP contribution is -2.43. The minimum absolute atomic E-state index is 0. The smallest absolute Gasteiger partial charge is 0.229 e. The van der Waals surface area contributed by atoms with Crippen LogP contribution in [0.1, 0.15) is 13.3 Å². The molecule has 0 radical (unpaired) electrons.